The molecule has 5 heterocycles. The number of carboxylic acids is 2. The summed E-state index contributed by atoms with van der Waals surface area (Å²) in [6.45, 7) is 5.23. The van der Waals surface area contributed by atoms with Gasteiger partial charge in [0.05, 0.1) is 0 Å². The summed E-state index contributed by atoms with van der Waals surface area (Å²) in [7, 11) is 0. The molecule has 1 unspecified atom stereocenters. The lowest BCUT2D eigenvalue weighted by Gasteiger charge is -2.31. The third kappa shape index (κ3) is 9.70. The monoisotopic (exact) mass is 640 g/mol. The highest BCUT2D eigenvalue weighted by Gasteiger charge is 2.39. The summed E-state index contributed by atoms with van der Waals surface area (Å²) in [6.07, 6.45) is -2.66. The van der Waals surface area contributed by atoms with E-state index in [1.807, 2.05) is 72.1 Å². The molecule has 1 saturated heterocycles. The van der Waals surface area contributed by atoms with Crippen molar-refractivity contribution in [3.63, 3.8) is 0 Å². The van der Waals surface area contributed by atoms with Crippen molar-refractivity contribution in [1.82, 2.24) is 29.5 Å². The van der Waals surface area contributed by atoms with E-state index in [0.29, 0.717) is 12.1 Å². The maximum atomic E-state index is 13.1. The van der Waals surface area contributed by atoms with E-state index in [9.17, 15) is 31.1 Å². The van der Waals surface area contributed by atoms with Crippen LogP contribution in [0.1, 0.15) is 46.3 Å². The van der Waals surface area contributed by atoms with Gasteiger partial charge in [0.2, 0.25) is 0 Å². The highest BCUT2D eigenvalue weighted by atomic mass is 19.4. The van der Waals surface area contributed by atoms with Crippen molar-refractivity contribution in [3.8, 4) is 11.1 Å². The van der Waals surface area contributed by atoms with Crippen molar-refractivity contribution in [2.75, 3.05) is 13.1 Å². The Bertz CT molecular complexity index is 1620. The molecular weight excluding hydrogens is 614 g/mol. The number of carbonyl (C=O) groups excluding carboxylic acids is 1. The van der Waals surface area contributed by atoms with Crippen molar-refractivity contribution in [2.45, 2.75) is 45.0 Å². The lowest BCUT2D eigenvalue weighted by Crippen LogP contribution is -2.39. The van der Waals surface area contributed by atoms with Gasteiger partial charge in [-0.25, -0.2) is 19.1 Å². The highest BCUT2D eigenvalue weighted by Crippen LogP contribution is 2.27. The van der Waals surface area contributed by atoms with Gasteiger partial charge >= 0.3 is 24.3 Å². The molecule has 1 fully saturated rings. The van der Waals surface area contributed by atoms with Crippen LogP contribution >= 0.6 is 0 Å². The summed E-state index contributed by atoms with van der Waals surface area (Å²) >= 11 is 0. The Hall–Kier alpha value is -5.09. The van der Waals surface area contributed by atoms with E-state index in [1.54, 1.807) is 6.20 Å². The van der Waals surface area contributed by atoms with Crippen molar-refractivity contribution in [1.29, 1.82) is 0 Å². The predicted molar refractivity (Wildman–Crippen MR) is 145 cm³/mol. The lowest BCUT2D eigenvalue weighted by atomic mass is 9.96. The van der Waals surface area contributed by atoms with Crippen LogP contribution in [0.25, 0.3) is 16.8 Å². The fourth-order valence-electron chi connectivity index (χ4n) is 4.29. The summed E-state index contributed by atoms with van der Waals surface area (Å²) in [5.74, 6) is -4.53. The van der Waals surface area contributed by atoms with Crippen LogP contribution in [0, 0.1) is 13.8 Å². The second-order valence-corrected chi connectivity index (χ2v) is 9.77. The Morgan fingerprint density at radius 1 is 0.889 bits per heavy atom. The molecule has 0 bridgehead atoms. The number of amides is 1. The van der Waals surface area contributed by atoms with Gasteiger partial charge in [-0.1, -0.05) is 6.07 Å². The minimum Gasteiger partial charge on any atom is -0.475 e. The first kappa shape index (κ1) is 34.4. The number of hydrogen-bond donors (Lipinski definition) is 2. The SMILES string of the molecule is Cc1cc(C(=O)N2CCCC(c3nc4ccc(-c5cccnc5)cn4n3)C2)cc(C)n1.O=C(O)C(F)(F)F.O=C(O)C(F)(F)F. The zero-order valence-electron chi connectivity index (χ0n) is 23.7. The zero-order valence-corrected chi connectivity index (χ0v) is 23.7. The molecule has 4 aromatic heterocycles. The predicted octanol–water partition coefficient (Wildman–Crippen LogP) is 5.09. The Morgan fingerprint density at radius 3 is 2.02 bits per heavy atom. The number of carbonyl (C=O) groups is 3. The molecule has 1 aliphatic heterocycles. The molecule has 0 radical (unpaired) electrons. The van der Waals surface area contributed by atoms with E-state index >= 15 is 0 Å². The fourth-order valence-corrected chi connectivity index (χ4v) is 4.29. The largest absolute Gasteiger partial charge is 0.490 e. The number of nitrogens with zero attached hydrogens (tertiary/aromatic N) is 6. The molecule has 0 spiro atoms. The highest BCUT2D eigenvalue weighted by molar-refractivity contribution is 5.94. The minimum atomic E-state index is -5.08. The number of aromatic nitrogens is 5. The second kappa shape index (κ2) is 14.1. The summed E-state index contributed by atoms with van der Waals surface area (Å²) in [6, 6.07) is 11.7. The Balaban J connectivity index is 0.000000331. The van der Waals surface area contributed by atoms with Crippen LogP contribution < -0.4 is 0 Å². The van der Waals surface area contributed by atoms with Gasteiger partial charge in [0.1, 0.15) is 0 Å². The van der Waals surface area contributed by atoms with Crippen LogP contribution in [0.4, 0.5) is 26.3 Å². The molecule has 17 heteroatoms. The molecule has 240 valence electrons. The maximum Gasteiger partial charge on any atom is 0.490 e. The van der Waals surface area contributed by atoms with E-state index in [1.165, 1.54) is 0 Å². The van der Waals surface area contributed by atoms with Crippen LogP contribution in [-0.2, 0) is 9.59 Å². The van der Waals surface area contributed by atoms with Crippen LogP contribution in [0.15, 0.2) is 55.0 Å². The molecule has 0 aliphatic carbocycles. The number of pyridine rings is 3. The Morgan fingerprint density at radius 2 is 1.49 bits per heavy atom. The molecule has 0 saturated carbocycles. The molecule has 2 N–H and O–H groups in total. The summed E-state index contributed by atoms with van der Waals surface area (Å²) in [4.78, 5) is 46.1. The van der Waals surface area contributed by atoms with Crippen molar-refractivity contribution < 1.29 is 50.9 Å². The average molecular weight is 641 g/mol. The zero-order chi connectivity index (χ0) is 33.5. The van der Waals surface area contributed by atoms with Crippen LogP contribution in [0.5, 0.6) is 0 Å². The number of piperidine rings is 1. The summed E-state index contributed by atoms with van der Waals surface area (Å²) < 4.78 is 65.3. The molecule has 45 heavy (non-hydrogen) atoms. The first-order valence-corrected chi connectivity index (χ1v) is 13.1. The van der Waals surface area contributed by atoms with Gasteiger partial charge in [0.15, 0.2) is 11.5 Å². The number of hydrogen-bond acceptors (Lipinski definition) is 7. The topological polar surface area (TPSA) is 151 Å². The van der Waals surface area contributed by atoms with E-state index in [-0.39, 0.29) is 11.8 Å². The quantitative estimate of drug-likeness (QED) is 0.292. The number of rotatable bonds is 3. The lowest BCUT2D eigenvalue weighted by molar-refractivity contribution is -0.193. The average Bonchev–Trinajstić information content (AvgIpc) is 3.40. The minimum absolute atomic E-state index is 0.0564. The molecule has 1 atom stereocenters. The first-order chi connectivity index (χ1) is 21.0. The molecule has 1 aliphatic rings. The van der Waals surface area contributed by atoms with E-state index < -0.39 is 24.3 Å². The van der Waals surface area contributed by atoms with Gasteiger partial charge < -0.3 is 15.1 Å². The number of carboxylic acid groups (broad SMARTS) is 2. The summed E-state index contributed by atoms with van der Waals surface area (Å²) in [5, 5.41) is 19.0. The van der Waals surface area contributed by atoms with Crippen LogP contribution in [0.2, 0.25) is 0 Å². The Kier molecular flexibility index (Phi) is 10.8. The summed E-state index contributed by atoms with van der Waals surface area (Å²) in [5.41, 5.74) is 5.33. The van der Waals surface area contributed by atoms with Gasteiger partial charge in [0.25, 0.3) is 5.91 Å². The van der Waals surface area contributed by atoms with E-state index in [2.05, 4.69) is 9.97 Å². The van der Waals surface area contributed by atoms with Crippen LogP contribution in [0.3, 0.4) is 0 Å². The normalized spacial score (nSPS) is 14.9. The number of fused-ring (bicyclic) bond motifs is 1. The maximum absolute atomic E-state index is 13.1. The fraction of sp³-hybridized carbons (Fsp3) is 0.321. The van der Waals surface area contributed by atoms with Gasteiger partial charge in [-0.15, -0.1) is 0 Å². The standard InChI is InChI=1S/C24H24N6O.2C2HF3O2/c1-16-11-21(12-17(2)26-16)24(31)29-10-4-6-20(14-29)23-27-22-8-7-19(15-30(22)28-23)18-5-3-9-25-13-18;2*3-2(4,5)1(6)7/h3,5,7-9,11-13,15,20H,4,6,10,14H2,1-2H3;2*(H,6,7). The van der Waals surface area contributed by atoms with E-state index in [0.717, 1.165) is 53.4 Å². The smallest absolute Gasteiger partial charge is 0.475 e. The third-order valence-corrected chi connectivity index (χ3v) is 6.23. The van der Waals surface area contributed by atoms with Crippen molar-refractivity contribution >= 4 is 23.5 Å². The third-order valence-electron chi connectivity index (χ3n) is 6.23. The molecule has 5 rings (SSSR count). The molecule has 11 nitrogen and oxygen atoms in total. The second-order valence-electron chi connectivity index (χ2n) is 9.77. The molecular formula is C28H26F6N6O5. The molecule has 0 aromatic carbocycles. The number of aryl methyl sites for hydroxylation is 2. The van der Waals surface area contributed by atoms with Crippen molar-refractivity contribution in [2.24, 2.45) is 0 Å². The molecule has 1 amide bonds. The van der Waals surface area contributed by atoms with E-state index in [4.69, 9.17) is 29.9 Å². The van der Waals surface area contributed by atoms with Gasteiger partial charge in [-0.2, -0.15) is 31.4 Å². The number of aliphatic carboxylic acids is 2. The first-order valence-electron chi connectivity index (χ1n) is 13.1. The van der Waals surface area contributed by atoms with Crippen molar-refractivity contribution in [3.05, 3.63) is 77.8 Å². The number of alkyl halides is 6. The number of halogens is 6. The van der Waals surface area contributed by atoms with Gasteiger partial charge in [-0.05, 0) is 57.0 Å². The van der Waals surface area contributed by atoms with Gasteiger partial charge in [-0.3, -0.25) is 14.8 Å². The Labute approximate surface area is 251 Å². The van der Waals surface area contributed by atoms with Crippen LogP contribution in [-0.4, -0.2) is 83.0 Å². The number of likely N-dealkylation sites (tertiary alicyclic amines) is 1. The van der Waals surface area contributed by atoms with Gasteiger partial charge in [0, 0.05) is 65.7 Å². The molecule has 4 aromatic rings.